The summed E-state index contributed by atoms with van der Waals surface area (Å²) in [6.45, 7) is -0.318. The van der Waals surface area contributed by atoms with E-state index in [-0.39, 0.29) is 23.6 Å². The summed E-state index contributed by atoms with van der Waals surface area (Å²) in [7, 11) is 0. The van der Waals surface area contributed by atoms with Gasteiger partial charge < -0.3 is 5.32 Å². The van der Waals surface area contributed by atoms with Gasteiger partial charge in [0.25, 0.3) is 17.1 Å². The Morgan fingerprint density at radius 3 is 2.50 bits per heavy atom. The molecule has 0 unspecified atom stereocenters. The molecule has 9 heteroatoms. The van der Waals surface area contributed by atoms with Crippen molar-refractivity contribution in [3.05, 3.63) is 75.9 Å². The van der Waals surface area contributed by atoms with Gasteiger partial charge in [0.05, 0.1) is 10.5 Å². The number of carbonyl (C=O) groups is 3. The lowest BCUT2D eigenvalue weighted by molar-refractivity contribution is -0.122. The van der Waals surface area contributed by atoms with Gasteiger partial charge in [0.2, 0.25) is 0 Å². The summed E-state index contributed by atoms with van der Waals surface area (Å²) in [6.07, 6.45) is 1.28. The minimum absolute atomic E-state index is 0.0533. The number of imide groups is 1. The second-order valence-corrected chi connectivity index (χ2v) is 6.71. The zero-order valence-electron chi connectivity index (χ0n) is 14.2. The maximum Gasteiger partial charge on any atom is 0.293 e. The molecule has 144 valence electrons. The Morgan fingerprint density at radius 1 is 1.04 bits per heavy atom. The molecule has 1 fully saturated rings. The van der Waals surface area contributed by atoms with Gasteiger partial charge in [-0.25, -0.2) is 13.2 Å². The third-order valence-electron chi connectivity index (χ3n) is 3.88. The van der Waals surface area contributed by atoms with Crippen LogP contribution in [0.2, 0.25) is 0 Å². The molecule has 3 amide bonds. The van der Waals surface area contributed by atoms with Crippen LogP contribution in [0.25, 0.3) is 6.08 Å². The highest BCUT2D eigenvalue weighted by Gasteiger charge is 2.34. The lowest BCUT2D eigenvalue weighted by Gasteiger charge is -2.13. The van der Waals surface area contributed by atoms with Crippen LogP contribution < -0.4 is 5.32 Å². The lowest BCUT2D eigenvalue weighted by Crippen LogP contribution is -2.37. The summed E-state index contributed by atoms with van der Waals surface area (Å²) in [5.74, 6) is -4.45. The van der Waals surface area contributed by atoms with Crippen LogP contribution in [0.3, 0.4) is 0 Å². The van der Waals surface area contributed by atoms with E-state index in [1.807, 2.05) is 0 Å². The van der Waals surface area contributed by atoms with E-state index < -0.39 is 40.1 Å². The maximum absolute atomic E-state index is 13.7. The topological polar surface area (TPSA) is 66.5 Å². The smallest absolute Gasteiger partial charge is 0.293 e. The van der Waals surface area contributed by atoms with Gasteiger partial charge in [0, 0.05) is 18.7 Å². The SMILES string of the molecule is O=C(NCCN1C(=O)S/C(=C/c2ccccc2F)C1=O)c1cccc(F)c1F. The van der Waals surface area contributed by atoms with Crippen molar-refractivity contribution in [3.63, 3.8) is 0 Å². The number of hydrogen-bond acceptors (Lipinski definition) is 4. The van der Waals surface area contributed by atoms with Crippen molar-refractivity contribution in [1.82, 2.24) is 10.2 Å². The van der Waals surface area contributed by atoms with E-state index >= 15 is 0 Å². The third kappa shape index (κ3) is 4.09. The predicted molar refractivity (Wildman–Crippen MR) is 97.8 cm³/mol. The summed E-state index contributed by atoms with van der Waals surface area (Å²) in [5.41, 5.74) is -0.309. The molecule has 3 rings (SSSR count). The van der Waals surface area contributed by atoms with E-state index in [1.165, 1.54) is 30.3 Å². The number of halogens is 3. The molecule has 0 aromatic heterocycles. The first-order valence-corrected chi connectivity index (χ1v) is 8.92. The van der Waals surface area contributed by atoms with E-state index in [0.717, 1.165) is 17.0 Å². The molecule has 1 saturated heterocycles. The Bertz CT molecular complexity index is 994. The molecule has 0 atom stereocenters. The summed E-state index contributed by atoms with van der Waals surface area (Å²) in [4.78, 5) is 37.2. The van der Waals surface area contributed by atoms with Crippen LogP contribution in [0, 0.1) is 17.5 Å². The Morgan fingerprint density at radius 2 is 1.75 bits per heavy atom. The first kappa shape index (κ1) is 19.7. The Labute approximate surface area is 162 Å². The summed E-state index contributed by atoms with van der Waals surface area (Å²) < 4.78 is 40.5. The minimum Gasteiger partial charge on any atom is -0.350 e. The molecule has 2 aromatic rings. The number of amides is 3. The second kappa shape index (κ2) is 8.30. The number of nitrogens with zero attached hydrogens (tertiary/aromatic N) is 1. The average Bonchev–Trinajstić information content (AvgIpc) is 2.93. The molecular weight excluding hydrogens is 393 g/mol. The zero-order valence-corrected chi connectivity index (χ0v) is 15.1. The highest BCUT2D eigenvalue weighted by Crippen LogP contribution is 2.32. The summed E-state index contributed by atoms with van der Waals surface area (Å²) in [5, 5.41) is 1.76. The average molecular weight is 406 g/mol. The first-order valence-electron chi connectivity index (χ1n) is 8.10. The van der Waals surface area contributed by atoms with Gasteiger partial charge in [-0.1, -0.05) is 24.3 Å². The highest BCUT2D eigenvalue weighted by molar-refractivity contribution is 8.18. The molecular formula is C19H13F3N2O3S. The number of nitrogens with one attached hydrogen (secondary N) is 1. The fourth-order valence-corrected chi connectivity index (χ4v) is 3.34. The summed E-state index contributed by atoms with van der Waals surface area (Å²) in [6, 6.07) is 8.99. The molecule has 0 spiro atoms. The van der Waals surface area contributed by atoms with Gasteiger partial charge in [-0.3, -0.25) is 19.3 Å². The van der Waals surface area contributed by atoms with Gasteiger partial charge in [-0.05, 0) is 36.0 Å². The van der Waals surface area contributed by atoms with E-state index in [0.29, 0.717) is 11.8 Å². The fourth-order valence-electron chi connectivity index (χ4n) is 2.48. The molecule has 1 heterocycles. The van der Waals surface area contributed by atoms with Crippen LogP contribution in [0.4, 0.5) is 18.0 Å². The number of benzene rings is 2. The Hall–Kier alpha value is -3.07. The first-order chi connectivity index (χ1) is 13.4. The molecule has 2 aromatic carbocycles. The van der Waals surface area contributed by atoms with Crippen LogP contribution in [0.5, 0.6) is 0 Å². The van der Waals surface area contributed by atoms with Crippen molar-refractivity contribution in [2.24, 2.45) is 0 Å². The van der Waals surface area contributed by atoms with Crippen LogP contribution in [0.1, 0.15) is 15.9 Å². The van der Waals surface area contributed by atoms with Crippen molar-refractivity contribution >= 4 is 34.9 Å². The van der Waals surface area contributed by atoms with Gasteiger partial charge in [-0.2, -0.15) is 0 Å². The van der Waals surface area contributed by atoms with Crippen LogP contribution in [0.15, 0.2) is 47.4 Å². The lowest BCUT2D eigenvalue weighted by atomic mass is 10.2. The van der Waals surface area contributed by atoms with Crippen LogP contribution in [-0.4, -0.2) is 35.0 Å². The molecule has 5 nitrogen and oxygen atoms in total. The molecule has 0 bridgehead atoms. The molecule has 0 radical (unpaired) electrons. The van der Waals surface area contributed by atoms with Gasteiger partial charge in [0.1, 0.15) is 5.82 Å². The zero-order chi connectivity index (χ0) is 20.3. The predicted octanol–water partition coefficient (Wildman–Crippen LogP) is 3.57. The normalized spacial score (nSPS) is 15.4. The van der Waals surface area contributed by atoms with Crippen molar-refractivity contribution in [1.29, 1.82) is 0 Å². The van der Waals surface area contributed by atoms with E-state index in [4.69, 9.17) is 0 Å². The van der Waals surface area contributed by atoms with Gasteiger partial charge in [-0.15, -0.1) is 0 Å². The molecule has 1 aliphatic heterocycles. The largest absolute Gasteiger partial charge is 0.350 e. The quantitative estimate of drug-likeness (QED) is 0.771. The van der Waals surface area contributed by atoms with Crippen molar-refractivity contribution in [3.8, 4) is 0 Å². The van der Waals surface area contributed by atoms with Gasteiger partial charge >= 0.3 is 0 Å². The van der Waals surface area contributed by atoms with Crippen molar-refractivity contribution in [2.45, 2.75) is 0 Å². The van der Waals surface area contributed by atoms with E-state index in [2.05, 4.69) is 5.32 Å². The van der Waals surface area contributed by atoms with Gasteiger partial charge in [0.15, 0.2) is 11.6 Å². The molecule has 1 N–H and O–H groups in total. The molecule has 0 aliphatic carbocycles. The Kier molecular flexibility index (Phi) is 5.84. The van der Waals surface area contributed by atoms with Crippen molar-refractivity contribution in [2.75, 3.05) is 13.1 Å². The fraction of sp³-hybridized carbons (Fsp3) is 0.105. The number of carbonyl (C=O) groups excluding carboxylic acids is 3. The second-order valence-electron chi connectivity index (χ2n) is 5.71. The van der Waals surface area contributed by atoms with E-state index in [1.54, 1.807) is 6.07 Å². The monoisotopic (exact) mass is 406 g/mol. The van der Waals surface area contributed by atoms with E-state index in [9.17, 15) is 27.6 Å². The highest BCUT2D eigenvalue weighted by atomic mass is 32.2. The summed E-state index contributed by atoms with van der Waals surface area (Å²) >= 11 is 0.655. The third-order valence-corrected chi connectivity index (χ3v) is 4.79. The minimum atomic E-state index is -1.28. The van der Waals surface area contributed by atoms with Crippen molar-refractivity contribution < 1.29 is 27.6 Å². The molecule has 1 aliphatic rings. The number of rotatable bonds is 5. The van der Waals surface area contributed by atoms with Crippen LogP contribution >= 0.6 is 11.8 Å². The molecule has 28 heavy (non-hydrogen) atoms. The standard InChI is InChI=1S/C19H13F3N2O3S/c20-13-6-2-1-4-11(13)10-15-18(26)24(19(27)28-15)9-8-23-17(25)12-5-3-7-14(21)16(12)22/h1-7,10H,8-9H2,(H,23,25)/b15-10+. The maximum atomic E-state index is 13.7. The molecule has 0 saturated carbocycles. The van der Waals surface area contributed by atoms with Crippen LogP contribution in [-0.2, 0) is 4.79 Å². The number of thioether (sulfide) groups is 1. The Balaban J connectivity index is 1.63. The number of hydrogen-bond donors (Lipinski definition) is 1.